The van der Waals surface area contributed by atoms with Crippen LogP contribution in [0.4, 0.5) is 0 Å². The molecule has 126 valence electrons. The first-order chi connectivity index (χ1) is 11.5. The number of ether oxygens (including phenoxy) is 1. The number of amides is 1. The lowest BCUT2D eigenvalue weighted by Gasteiger charge is -2.24. The molecule has 2 N–H and O–H groups in total. The van der Waals surface area contributed by atoms with Gasteiger partial charge in [-0.2, -0.15) is 0 Å². The maximum absolute atomic E-state index is 12.0. The van der Waals surface area contributed by atoms with Crippen LogP contribution in [-0.2, 0) is 16.8 Å². The Labute approximate surface area is 150 Å². The second kappa shape index (κ2) is 7.01. The molecule has 0 fully saturated rings. The number of rotatable bonds is 5. The number of hydrogen-bond donors (Lipinski definition) is 2. The first kappa shape index (κ1) is 17.1. The Bertz CT molecular complexity index is 766. The molecule has 0 saturated heterocycles. The minimum atomic E-state index is -1.02. The first-order valence-corrected chi connectivity index (χ1v) is 8.39. The average molecular weight is 366 g/mol. The van der Waals surface area contributed by atoms with Crippen molar-refractivity contribution in [3.8, 4) is 5.75 Å². The lowest BCUT2D eigenvalue weighted by molar-refractivity contribution is -0.124. The highest BCUT2D eigenvalue weighted by Gasteiger charge is 2.36. The number of carbonyl (C=O) groups excluding carboxylic acids is 1. The van der Waals surface area contributed by atoms with Crippen LogP contribution in [0.1, 0.15) is 17.5 Å². The Morgan fingerprint density at radius 1 is 1.25 bits per heavy atom. The van der Waals surface area contributed by atoms with Crippen LogP contribution < -0.4 is 10.1 Å². The predicted molar refractivity (Wildman–Crippen MR) is 93.6 cm³/mol. The molecule has 6 heteroatoms. The molecule has 0 bridgehead atoms. The number of aryl methyl sites for hydroxylation is 1. The van der Waals surface area contributed by atoms with Gasteiger partial charge >= 0.3 is 0 Å². The maximum Gasteiger partial charge on any atom is 0.258 e. The fourth-order valence-electron chi connectivity index (χ4n) is 2.88. The molecule has 1 atom stereocenters. The summed E-state index contributed by atoms with van der Waals surface area (Å²) in [6, 6.07) is 12.5. The van der Waals surface area contributed by atoms with E-state index in [0.717, 1.165) is 17.5 Å². The number of fused-ring (bicyclic) bond motifs is 1. The molecule has 0 heterocycles. The molecule has 0 radical (unpaired) electrons. The minimum Gasteiger partial charge on any atom is -0.482 e. The van der Waals surface area contributed by atoms with E-state index in [2.05, 4.69) is 5.32 Å². The smallest absolute Gasteiger partial charge is 0.258 e. The van der Waals surface area contributed by atoms with Crippen molar-refractivity contribution in [1.29, 1.82) is 0 Å². The van der Waals surface area contributed by atoms with Gasteiger partial charge in [-0.05, 0) is 42.2 Å². The third-order valence-corrected chi connectivity index (χ3v) is 4.69. The van der Waals surface area contributed by atoms with Gasteiger partial charge in [-0.25, -0.2) is 0 Å². The van der Waals surface area contributed by atoms with Gasteiger partial charge in [0.15, 0.2) is 6.61 Å². The standard InChI is InChI=1S/C18H17Cl2NO3/c19-13-5-6-16(15(20)9-13)24-10-17(22)21-11-18(23)8-7-12-3-1-2-4-14(12)18/h1-6,9,23H,7-8,10-11H2,(H,21,22)/t18-/m0/s1. The molecule has 1 aliphatic rings. The molecule has 2 aromatic rings. The number of benzene rings is 2. The van der Waals surface area contributed by atoms with Crippen LogP contribution in [0.25, 0.3) is 0 Å². The zero-order valence-corrected chi connectivity index (χ0v) is 14.4. The van der Waals surface area contributed by atoms with Crippen LogP contribution in [0, 0.1) is 0 Å². The van der Waals surface area contributed by atoms with Crippen LogP contribution in [0.15, 0.2) is 42.5 Å². The molecule has 1 aliphatic carbocycles. The van der Waals surface area contributed by atoms with E-state index in [-0.39, 0.29) is 19.1 Å². The fraction of sp³-hybridized carbons (Fsp3) is 0.278. The van der Waals surface area contributed by atoms with Crippen LogP contribution in [0.2, 0.25) is 10.0 Å². The highest BCUT2D eigenvalue weighted by Crippen LogP contribution is 2.36. The molecule has 0 unspecified atom stereocenters. The van der Waals surface area contributed by atoms with E-state index in [9.17, 15) is 9.90 Å². The van der Waals surface area contributed by atoms with E-state index < -0.39 is 5.60 Å². The first-order valence-electron chi connectivity index (χ1n) is 7.63. The van der Waals surface area contributed by atoms with Crippen molar-refractivity contribution in [1.82, 2.24) is 5.32 Å². The van der Waals surface area contributed by atoms with Crippen molar-refractivity contribution in [3.63, 3.8) is 0 Å². The van der Waals surface area contributed by atoms with E-state index >= 15 is 0 Å². The van der Waals surface area contributed by atoms with Crippen molar-refractivity contribution >= 4 is 29.1 Å². The summed E-state index contributed by atoms with van der Waals surface area (Å²) in [4.78, 5) is 12.0. The third kappa shape index (κ3) is 3.66. The molecule has 3 rings (SSSR count). The molecule has 0 spiro atoms. The number of carbonyl (C=O) groups is 1. The van der Waals surface area contributed by atoms with Crippen molar-refractivity contribution in [3.05, 3.63) is 63.6 Å². The van der Waals surface area contributed by atoms with Gasteiger partial charge in [0.1, 0.15) is 11.4 Å². The van der Waals surface area contributed by atoms with Gasteiger partial charge in [-0.15, -0.1) is 0 Å². The summed E-state index contributed by atoms with van der Waals surface area (Å²) in [5.74, 6) is 0.0694. The van der Waals surface area contributed by atoms with Crippen LogP contribution >= 0.6 is 23.2 Å². The number of hydrogen-bond acceptors (Lipinski definition) is 3. The lowest BCUT2D eigenvalue weighted by Crippen LogP contribution is -2.41. The summed E-state index contributed by atoms with van der Waals surface area (Å²) in [7, 11) is 0. The lowest BCUT2D eigenvalue weighted by atomic mass is 9.96. The van der Waals surface area contributed by atoms with Crippen molar-refractivity contribution < 1.29 is 14.6 Å². The minimum absolute atomic E-state index is 0.153. The zero-order valence-electron chi connectivity index (χ0n) is 12.9. The van der Waals surface area contributed by atoms with Crippen molar-refractivity contribution in [2.45, 2.75) is 18.4 Å². The van der Waals surface area contributed by atoms with E-state index in [1.807, 2.05) is 24.3 Å². The quantitative estimate of drug-likeness (QED) is 0.854. The van der Waals surface area contributed by atoms with E-state index in [1.54, 1.807) is 18.2 Å². The van der Waals surface area contributed by atoms with E-state index in [4.69, 9.17) is 27.9 Å². The maximum atomic E-state index is 12.0. The van der Waals surface area contributed by atoms with Crippen LogP contribution in [0.3, 0.4) is 0 Å². The Morgan fingerprint density at radius 3 is 2.83 bits per heavy atom. The van der Waals surface area contributed by atoms with E-state index in [1.165, 1.54) is 0 Å². The molecule has 0 saturated carbocycles. The Morgan fingerprint density at radius 2 is 2.04 bits per heavy atom. The summed E-state index contributed by atoms with van der Waals surface area (Å²) >= 11 is 11.8. The van der Waals surface area contributed by atoms with Gasteiger partial charge < -0.3 is 15.2 Å². The number of halogens is 2. The fourth-order valence-corrected chi connectivity index (χ4v) is 3.35. The molecule has 1 amide bonds. The highest BCUT2D eigenvalue weighted by molar-refractivity contribution is 6.35. The van der Waals surface area contributed by atoms with Gasteiger partial charge in [0.05, 0.1) is 11.6 Å². The molecule has 2 aromatic carbocycles. The second-order valence-electron chi connectivity index (χ2n) is 5.83. The topological polar surface area (TPSA) is 58.6 Å². The predicted octanol–water partition coefficient (Wildman–Crippen LogP) is 3.32. The molecule has 4 nitrogen and oxygen atoms in total. The van der Waals surface area contributed by atoms with Gasteiger partial charge in [0.25, 0.3) is 5.91 Å². The number of aliphatic hydroxyl groups is 1. The summed E-state index contributed by atoms with van der Waals surface area (Å²) in [6.45, 7) is -0.0281. The summed E-state index contributed by atoms with van der Waals surface area (Å²) in [5, 5.41) is 14.3. The van der Waals surface area contributed by atoms with Crippen molar-refractivity contribution in [2.24, 2.45) is 0 Å². The zero-order chi connectivity index (χ0) is 17.2. The monoisotopic (exact) mass is 365 g/mol. The van der Waals surface area contributed by atoms with Crippen molar-refractivity contribution in [2.75, 3.05) is 13.2 Å². The van der Waals surface area contributed by atoms with Gasteiger partial charge in [-0.1, -0.05) is 47.5 Å². The average Bonchev–Trinajstić information content (AvgIpc) is 2.90. The SMILES string of the molecule is O=C(COc1ccc(Cl)cc1Cl)NC[C@@]1(O)CCc2ccccc21. The summed E-state index contributed by atoms with van der Waals surface area (Å²) < 4.78 is 5.39. The molecule has 0 aromatic heterocycles. The van der Waals surface area contributed by atoms with E-state index in [0.29, 0.717) is 22.2 Å². The largest absolute Gasteiger partial charge is 0.482 e. The van der Waals surface area contributed by atoms with Crippen LogP contribution in [-0.4, -0.2) is 24.2 Å². The van der Waals surface area contributed by atoms with Gasteiger partial charge in [0.2, 0.25) is 0 Å². The summed E-state index contributed by atoms with van der Waals surface area (Å²) in [6.07, 6.45) is 1.40. The van der Waals surface area contributed by atoms with Gasteiger partial charge in [0, 0.05) is 5.02 Å². The number of nitrogens with one attached hydrogen (secondary N) is 1. The summed E-state index contributed by atoms with van der Waals surface area (Å²) in [5.41, 5.74) is 0.981. The van der Waals surface area contributed by atoms with Gasteiger partial charge in [-0.3, -0.25) is 4.79 Å². The molecular formula is C18H17Cl2NO3. The molecule has 24 heavy (non-hydrogen) atoms. The normalized spacial score (nSPS) is 19.0. The second-order valence-corrected chi connectivity index (χ2v) is 6.67. The Kier molecular flexibility index (Phi) is 4.99. The molecule has 0 aliphatic heterocycles. The highest BCUT2D eigenvalue weighted by atomic mass is 35.5. The Balaban J connectivity index is 1.55. The Hall–Kier alpha value is -1.75. The van der Waals surface area contributed by atoms with Crippen LogP contribution in [0.5, 0.6) is 5.75 Å². The molecular weight excluding hydrogens is 349 g/mol. The third-order valence-electron chi connectivity index (χ3n) is 4.16.